The van der Waals surface area contributed by atoms with Gasteiger partial charge in [-0.3, -0.25) is 4.90 Å². The molecule has 0 spiro atoms. The van der Waals surface area contributed by atoms with Crippen molar-refractivity contribution in [2.75, 3.05) is 20.2 Å². The van der Waals surface area contributed by atoms with Crippen molar-refractivity contribution in [1.29, 1.82) is 0 Å². The van der Waals surface area contributed by atoms with E-state index in [0.717, 1.165) is 31.4 Å². The van der Waals surface area contributed by atoms with E-state index < -0.39 is 0 Å². The Kier molecular flexibility index (Phi) is 6.17. The Balaban J connectivity index is 1.90. The van der Waals surface area contributed by atoms with Gasteiger partial charge in [0.05, 0.1) is 17.1 Å². The van der Waals surface area contributed by atoms with Crippen LogP contribution in [0.4, 0.5) is 0 Å². The van der Waals surface area contributed by atoms with E-state index in [1.54, 1.807) is 6.07 Å². The van der Waals surface area contributed by atoms with Crippen LogP contribution in [-0.2, 0) is 6.54 Å². The molecule has 0 aliphatic carbocycles. The minimum Gasteiger partial charge on any atom is -0.396 e. The van der Waals surface area contributed by atoms with E-state index in [1.165, 1.54) is 0 Å². The van der Waals surface area contributed by atoms with Crippen LogP contribution in [0.1, 0.15) is 25.1 Å². The van der Waals surface area contributed by atoms with E-state index in [0.29, 0.717) is 23.3 Å². The second kappa shape index (κ2) is 8.12. The van der Waals surface area contributed by atoms with Crippen LogP contribution in [-0.4, -0.2) is 40.3 Å². The molecule has 0 saturated heterocycles. The third kappa shape index (κ3) is 4.81. The van der Waals surface area contributed by atoms with Crippen molar-refractivity contribution in [2.24, 2.45) is 0 Å². The topological polar surface area (TPSA) is 62.4 Å². The second-order valence-electron chi connectivity index (χ2n) is 5.02. The molecule has 5 nitrogen and oxygen atoms in total. The van der Waals surface area contributed by atoms with E-state index >= 15 is 0 Å². The smallest absolute Gasteiger partial charge is 0.259 e. The number of aliphatic hydroxyl groups excluding tert-OH is 1. The molecular formula is C15H20ClN3O2. The molecule has 0 radical (unpaired) electrons. The molecule has 1 aromatic carbocycles. The predicted octanol–water partition coefficient (Wildman–Crippen LogP) is 2.98. The Morgan fingerprint density at radius 2 is 2.05 bits per heavy atom. The lowest BCUT2D eigenvalue weighted by atomic mass is 10.2. The molecule has 2 rings (SSSR count). The standard InChI is InChI=1S/C15H20ClN3O2/c1-19(9-5-2-6-10-20)11-14-17-15(21-18-14)12-7-3-4-8-13(12)16/h3-4,7-8,20H,2,5-6,9-11H2,1H3. The average molecular weight is 310 g/mol. The number of rotatable bonds is 8. The summed E-state index contributed by atoms with van der Waals surface area (Å²) in [6.45, 7) is 1.83. The van der Waals surface area contributed by atoms with Crippen LogP contribution >= 0.6 is 11.6 Å². The number of aliphatic hydroxyl groups is 1. The summed E-state index contributed by atoms with van der Waals surface area (Å²) in [7, 11) is 2.02. The predicted molar refractivity (Wildman–Crippen MR) is 82.0 cm³/mol. The van der Waals surface area contributed by atoms with Gasteiger partial charge in [0.25, 0.3) is 5.89 Å². The maximum Gasteiger partial charge on any atom is 0.259 e. The fourth-order valence-corrected chi connectivity index (χ4v) is 2.27. The summed E-state index contributed by atoms with van der Waals surface area (Å²) < 4.78 is 5.27. The first-order valence-electron chi connectivity index (χ1n) is 7.07. The average Bonchev–Trinajstić information content (AvgIpc) is 2.92. The van der Waals surface area contributed by atoms with Gasteiger partial charge in [0.15, 0.2) is 5.82 Å². The Morgan fingerprint density at radius 3 is 2.81 bits per heavy atom. The quantitative estimate of drug-likeness (QED) is 0.760. The third-order valence-electron chi connectivity index (χ3n) is 3.18. The Bertz CT molecular complexity index is 559. The lowest BCUT2D eigenvalue weighted by Crippen LogP contribution is -2.19. The van der Waals surface area contributed by atoms with Crippen molar-refractivity contribution in [3.63, 3.8) is 0 Å². The van der Waals surface area contributed by atoms with Gasteiger partial charge in [0.1, 0.15) is 0 Å². The summed E-state index contributed by atoms with van der Waals surface area (Å²) in [4.78, 5) is 6.52. The number of unbranched alkanes of at least 4 members (excludes halogenated alkanes) is 2. The highest BCUT2D eigenvalue weighted by molar-refractivity contribution is 6.33. The lowest BCUT2D eigenvalue weighted by molar-refractivity contribution is 0.268. The summed E-state index contributed by atoms with van der Waals surface area (Å²) in [5.41, 5.74) is 0.753. The zero-order valence-electron chi connectivity index (χ0n) is 12.1. The number of hydrogen-bond donors (Lipinski definition) is 1. The summed E-state index contributed by atoms with van der Waals surface area (Å²) >= 11 is 6.11. The maximum absolute atomic E-state index is 8.74. The van der Waals surface area contributed by atoms with Crippen molar-refractivity contribution in [2.45, 2.75) is 25.8 Å². The Hall–Kier alpha value is -1.43. The van der Waals surface area contributed by atoms with Gasteiger partial charge >= 0.3 is 0 Å². The van der Waals surface area contributed by atoms with Gasteiger partial charge in [0.2, 0.25) is 0 Å². The highest BCUT2D eigenvalue weighted by Crippen LogP contribution is 2.25. The molecular weight excluding hydrogens is 290 g/mol. The van der Waals surface area contributed by atoms with Gasteiger partial charge in [-0.2, -0.15) is 4.98 Å². The number of halogens is 1. The zero-order chi connectivity index (χ0) is 15.1. The van der Waals surface area contributed by atoms with E-state index in [4.69, 9.17) is 21.2 Å². The number of benzene rings is 1. The monoisotopic (exact) mass is 309 g/mol. The first-order valence-corrected chi connectivity index (χ1v) is 7.45. The number of aromatic nitrogens is 2. The van der Waals surface area contributed by atoms with Crippen molar-refractivity contribution in [3.05, 3.63) is 35.1 Å². The van der Waals surface area contributed by atoms with Crippen molar-refractivity contribution in [1.82, 2.24) is 15.0 Å². The molecule has 1 aromatic heterocycles. The minimum atomic E-state index is 0.260. The van der Waals surface area contributed by atoms with Gasteiger partial charge in [0, 0.05) is 6.61 Å². The van der Waals surface area contributed by atoms with Gasteiger partial charge in [-0.25, -0.2) is 0 Å². The fourth-order valence-electron chi connectivity index (χ4n) is 2.05. The fraction of sp³-hybridized carbons (Fsp3) is 0.467. The molecule has 0 bridgehead atoms. The molecule has 0 aliphatic rings. The van der Waals surface area contributed by atoms with Crippen LogP contribution in [0, 0.1) is 0 Å². The SMILES string of the molecule is CN(CCCCCO)Cc1noc(-c2ccccc2Cl)n1. The van der Waals surface area contributed by atoms with Crippen LogP contribution in [0.2, 0.25) is 5.02 Å². The molecule has 0 fully saturated rings. The van der Waals surface area contributed by atoms with Gasteiger partial charge in [-0.15, -0.1) is 0 Å². The summed E-state index contributed by atoms with van der Waals surface area (Å²) in [5, 5.41) is 13.3. The largest absolute Gasteiger partial charge is 0.396 e. The van der Waals surface area contributed by atoms with E-state index in [2.05, 4.69) is 15.0 Å². The molecule has 0 aliphatic heterocycles. The van der Waals surface area contributed by atoms with Crippen molar-refractivity contribution >= 4 is 11.6 Å². The van der Waals surface area contributed by atoms with Gasteiger partial charge in [-0.1, -0.05) is 28.9 Å². The van der Waals surface area contributed by atoms with E-state index in [-0.39, 0.29) is 6.61 Å². The molecule has 1 heterocycles. The molecule has 2 aromatic rings. The molecule has 0 unspecified atom stereocenters. The highest BCUT2D eigenvalue weighted by atomic mass is 35.5. The van der Waals surface area contributed by atoms with Crippen LogP contribution in [0.3, 0.4) is 0 Å². The lowest BCUT2D eigenvalue weighted by Gasteiger charge is -2.13. The minimum absolute atomic E-state index is 0.260. The maximum atomic E-state index is 8.74. The van der Waals surface area contributed by atoms with Crippen molar-refractivity contribution < 1.29 is 9.63 Å². The van der Waals surface area contributed by atoms with Gasteiger partial charge < -0.3 is 9.63 Å². The first-order chi connectivity index (χ1) is 10.2. The Labute approximate surface area is 129 Å². The molecule has 0 saturated carbocycles. The molecule has 0 amide bonds. The molecule has 1 N–H and O–H groups in total. The van der Waals surface area contributed by atoms with Crippen LogP contribution in [0.25, 0.3) is 11.5 Å². The van der Waals surface area contributed by atoms with Crippen LogP contribution in [0.15, 0.2) is 28.8 Å². The summed E-state index contributed by atoms with van der Waals surface area (Å²) in [6, 6.07) is 7.41. The number of nitrogens with zero attached hydrogens (tertiary/aromatic N) is 3. The highest BCUT2D eigenvalue weighted by Gasteiger charge is 2.12. The van der Waals surface area contributed by atoms with Crippen LogP contribution < -0.4 is 0 Å². The molecule has 21 heavy (non-hydrogen) atoms. The van der Waals surface area contributed by atoms with Crippen LogP contribution in [0.5, 0.6) is 0 Å². The van der Waals surface area contributed by atoms with Crippen molar-refractivity contribution in [3.8, 4) is 11.5 Å². The summed E-state index contributed by atoms with van der Waals surface area (Å²) in [6.07, 6.45) is 2.93. The van der Waals surface area contributed by atoms with Gasteiger partial charge in [-0.05, 0) is 45.0 Å². The molecule has 6 heteroatoms. The first kappa shape index (κ1) is 15.9. The third-order valence-corrected chi connectivity index (χ3v) is 3.51. The van der Waals surface area contributed by atoms with E-state index in [9.17, 15) is 0 Å². The Morgan fingerprint density at radius 1 is 1.24 bits per heavy atom. The molecule has 0 atom stereocenters. The normalized spacial score (nSPS) is 11.2. The van der Waals surface area contributed by atoms with E-state index in [1.807, 2.05) is 25.2 Å². The number of hydrogen-bond acceptors (Lipinski definition) is 5. The molecule has 114 valence electrons. The summed E-state index contributed by atoms with van der Waals surface area (Å²) in [5.74, 6) is 1.10. The second-order valence-corrected chi connectivity index (χ2v) is 5.42. The zero-order valence-corrected chi connectivity index (χ0v) is 12.9.